The number of piperazine rings is 1. The summed E-state index contributed by atoms with van der Waals surface area (Å²) in [5, 5.41) is 2.13. The molecule has 1 aliphatic rings. The molecule has 1 aromatic rings. The molecule has 1 aliphatic heterocycles. The summed E-state index contributed by atoms with van der Waals surface area (Å²) < 4.78 is 6.14. The molecule has 1 saturated heterocycles. The number of ether oxygens (including phenoxy) is 1. The zero-order chi connectivity index (χ0) is 14.7. The van der Waals surface area contributed by atoms with Crippen LogP contribution in [-0.2, 0) is 14.4 Å². The predicted octanol–water partition coefficient (Wildman–Crippen LogP) is 0.621. The quantitative estimate of drug-likeness (QED) is 0.818. The van der Waals surface area contributed by atoms with E-state index in [-0.39, 0.29) is 19.7 Å². The average molecular weight is 341 g/mol. The second-order valence-electron chi connectivity index (χ2n) is 4.44. The lowest BCUT2D eigenvalue weighted by molar-refractivity contribution is -0.146. The van der Waals surface area contributed by atoms with Gasteiger partial charge in [0.15, 0.2) is 6.61 Å². The number of rotatable bonds is 3. The summed E-state index contributed by atoms with van der Waals surface area (Å²) in [7, 11) is 0. The van der Waals surface area contributed by atoms with E-state index in [9.17, 15) is 14.4 Å². The van der Waals surface area contributed by atoms with Gasteiger partial charge in [-0.1, -0.05) is 6.07 Å². The number of aryl methyl sites for hydroxylation is 1. The van der Waals surface area contributed by atoms with Crippen LogP contribution >= 0.6 is 15.9 Å². The Kier molecular flexibility index (Phi) is 4.39. The maximum atomic E-state index is 11.9. The topological polar surface area (TPSA) is 75.7 Å². The van der Waals surface area contributed by atoms with Crippen molar-refractivity contribution in [1.29, 1.82) is 0 Å². The second kappa shape index (κ2) is 6.04. The Bertz CT molecular complexity index is 557. The van der Waals surface area contributed by atoms with E-state index in [1.165, 1.54) is 4.90 Å². The van der Waals surface area contributed by atoms with E-state index in [2.05, 4.69) is 21.2 Å². The van der Waals surface area contributed by atoms with E-state index in [0.29, 0.717) is 5.75 Å². The van der Waals surface area contributed by atoms with E-state index in [1.54, 1.807) is 6.07 Å². The number of carbonyl (C=O) groups is 3. The highest BCUT2D eigenvalue weighted by Gasteiger charge is 2.26. The van der Waals surface area contributed by atoms with Crippen molar-refractivity contribution in [3.63, 3.8) is 0 Å². The van der Waals surface area contributed by atoms with Crippen LogP contribution in [0.1, 0.15) is 5.56 Å². The monoisotopic (exact) mass is 340 g/mol. The van der Waals surface area contributed by atoms with Crippen LogP contribution in [0.15, 0.2) is 22.7 Å². The minimum Gasteiger partial charge on any atom is -0.483 e. The number of halogens is 1. The van der Waals surface area contributed by atoms with Crippen LogP contribution in [0.4, 0.5) is 0 Å². The zero-order valence-electron chi connectivity index (χ0n) is 10.8. The summed E-state index contributed by atoms with van der Waals surface area (Å²) in [6, 6.07) is 5.49. The van der Waals surface area contributed by atoms with Crippen molar-refractivity contribution in [2.45, 2.75) is 6.92 Å². The maximum absolute atomic E-state index is 11.9. The first kappa shape index (κ1) is 14.5. The van der Waals surface area contributed by atoms with Crippen molar-refractivity contribution in [1.82, 2.24) is 10.2 Å². The van der Waals surface area contributed by atoms with Gasteiger partial charge in [0.05, 0.1) is 4.47 Å². The van der Waals surface area contributed by atoms with Crippen molar-refractivity contribution in [3.8, 4) is 5.75 Å². The highest BCUT2D eigenvalue weighted by atomic mass is 79.9. The number of hydrogen-bond donors (Lipinski definition) is 1. The number of imide groups is 1. The molecule has 0 bridgehead atoms. The van der Waals surface area contributed by atoms with Crippen molar-refractivity contribution in [2.75, 3.05) is 19.7 Å². The lowest BCUT2D eigenvalue weighted by Crippen LogP contribution is -2.54. The van der Waals surface area contributed by atoms with E-state index in [0.717, 1.165) is 10.0 Å². The predicted molar refractivity (Wildman–Crippen MR) is 74.1 cm³/mol. The fourth-order valence-corrected chi connectivity index (χ4v) is 2.37. The van der Waals surface area contributed by atoms with E-state index < -0.39 is 17.7 Å². The van der Waals surface area contributed by atoms with Gasteiger partial charge < -0.3 is 9.64 Å². The molecule has 20 heavy (non-hydrogen) atoms. The van der Waals surface area contributed by atoms with Crippen molar-refractivity contribution >= 4 is 33.7 Å². The van der Waals surface area contributed by atoms with Crippen LogP contribution in [0.3, 0.4) is 0 Å². The van der Waals surface area contributed by atoms with Gasteiger partial charge in [-0.3, -0.25) is 19.7 Å². The van der Waals surface area contributed by atoms with Crippen LogP contribution < -0.4 is 10.1 Å². The van der Waals surface area contributed by atoms with Gasteiger partial charge in [-0.05, 0) is 40.5 Å². The molecule has 2 rings (SSSR count). The lowest BCUT2D eigenvalue weighted by atomic mass is 10.2. The molecule has 0 aromatic heterocycles. The first-order chi connectivity index (χ1) is 9.45. The molecule has 0 spiro atoms. The number of carbonyl (C=O) groups excluding carboxylic acids is 3. The van der Waals surface area contributed by atoms with Crippen molar-refractivity contribution < 1.29 is 19.1 Å². The van der Waals surface area contributed by atoms with Gasteiger partial charge in [-0.25, -0.2) is 0 Å². The first-order valence-corrected chi connectivity index (χ1v) is 6.74. The van der Waals surface area contributed by atoms with Crippen LogP contribution in [0.5, 0.6) is 5.75 Å². The Labute approximate surface area is 124 Å². The number of benzene rings is 1. The molecule has 0 saturated carbocycles. The smallest absolute Gasteiger partial charge is 0.261 e. The minimum atomic E-state index is -0.480. The molecule has 6 nitrogen and oxygen atoms in total. The normalized spacial score (nSPS) is 15.0. The molecule has 1 heterocycles. The Hall–Kier alpha value is -1.89. The third-order valence-corrected chi connectivity index (χ3v) is 3.36. The van der Waals surface area contributed by atoms with Crippen molar-refractivity contribution in [2.24, 2.45) is 0 Å². The van der Waals surface area contributed by atoms with E-state index >= 15 is 0 Å². The van der Waals surface area contributed by atoms with E-state index in [4.69, 9.17) is 4.74 Å². The van der Waals surface area contributed by atoms with Crippen LogP contribution in [0, 0.1) is 6.92 Å². The van der Waals surface area contributed by atoms with Gasteiger partial charge in [0.1, 0.15) is 18.8 Å². The molecule has 106 valence electrons. The zero-order valence-corrected chi connectivity index (χ0v) is 12.4. The van der Waals surface area contributed by atoms with Gasteiger partial charge in [0, 0.05) is 0 Å². The van der Waals surface area contributed by atoms with Gasteiger partial charge in [-0.15, -0.1) is 0 Å². The first-order valence-electron chi connectivity index (χ1n) is 5.95. The van der Waals surface area contributed by atoms with Crippen LogP contribution in [0.2, 0.25) is 0 Å². The summed E-state index contributed by atoms with van der Waals surface area (Å²) in [6.45, 7) is 1.48. The Balaban J connectivity index is 1.95. The largest absolute Gasteiger partial charge is 0.483 e. The van der Waals surface area contributed by atoms with Gasteiger partial charge in [-0.2, -0.15) is 0 Å². The van der Waals surface area contributed by atoms with Crippen molar-refractivity contribution in [3.05, 3.63) is 28.2 Å². The highest BCUT2D eigenvalue weighted by molar-refractivity contribution is 9.10. The Morgan fingerprint density at radius 2 is 2.00 bits per heavy atom. The number of nitrogens with zero attached hydrogens (tertiary/aromatic N) is 1. The molecule has 1 fully saturated rings. The molecule has 0 unspecified atom stereocenters. The second-order valence-corrected chi connectivity index (χ2v) is 5.30. The summed E-state index contributed by atoms with van der Waals surface area (Å²) in [4.78, 5) is 35.4. The fraction of sp³-hybridized carbons (Fsp3) is 0.308. The number of nitrogens with one attached hydrogen (secondary N) is 1. The van der Waals surface area contributed by atoms with Gasteiger partial charge in [0.25, 0.3) is 5.91 Å². The summed E-state index contributed by atoms with van der Waals surface area (Å²) in [5.74, 6) is -0.824. The molecule has 1 N–H and O–H groups in total. The highest BCUT2D eigenvalue weighted by Crippen LogP contribution is 2.25. The molecule has 0 atom stereocenters. The molecule has 1 aromatic carbocycles. The average Bonchev–Trinajstić information content (AvgIpc) is 2.36. The van der Waals surface area contributed by atoms with Gasteiger partial charge >= 0.3 is 0 Å². The van der Waals surface area contributed by atoms with Crippen LogP contribution in [0.25, 0.3) is 0 Å². The summed E-state index contributed by atoms with van der Waals surface area (Å²) >= 11 is 3.34. The summed E-state index contributed by atoms with van der Waals surface area (Å²) in [5.41, 5.74) is 1.06. The SMILES string of the molecule is Cc1ccc(OCC(=O)N2CC(=O)NC(=O)C2)c(Br)c1. The Morgan fingerprint density at radius 1 is 1.35 bits per heavy atom. The van der Waals surface area contributed by atoms with E-state index in [1.807, 2.05) is 19.1 Å². The Morgan fingerprint density at radius 3 is 2.60 bits per heavy atom. The lowest BCUT2D eigenvalue weighted by Gasteiger charge is -2.25. The fourth-order valence-electron chi connectivity index (χ4n) is 1.77. The molecule has 0 radical (unpaired) electrons. The number of hydrogen-bond acceptors (Lipinski definition) is 4. The summed E-state index contributed by atoms with van der Waals surface area (Å²) in [6.07, 6.45) is 0. The minimum absolute atomic E-state index is 0.122. The molecular formula is C13H13BrN2O4. The third kappa shape index (κ3) is 3.57. The number of amides is 3. The van der Waals surface area contributed by atoms with Gasteiger partial charge in [0.2, 0.25) is 11.8 Å². The maximum Gasteiger partial charge on any atom is 0.261 e. The third-order valence-electron chi connectivity index (χ3n) is 2.74. The molecule has 3 amide bonds. The standard InChI is InChI=1S/C13H13BrN2O4/c1-8-2-3-10(9(14)4-8)20-7-13(19)16-5-11(17)15-12(18)6-16/h2-4H,5-7H2,1H3,(H,15,17,18). The molecule has 0 aliphatic carbocycles. The molecular weight excluding hydrogens is 328 g/mol. The van der Waals surface area contributed by atoms with Crippen LogP contribution in [-0.4, -0.2) is 42.3 Å². The molecule has 7 heteroatoms.